The molecule has 1 aliphatic heterocycles. The molecule has 1 aliphatic carbocycles. The minimum absolute atomic E-state index is 0.426. The highest BCUT2D eigenvalue weighted by Crippen LogP contribution is 2.34. The lowest BCUT2D eigenvalue weighted by Crippen LogP contribution is -2.16. The third kappa shape index (κ3) is 3.89. The molecular weight excluding hydrogens is 272 g/mol. The molecule has 0 atom stereocenters. The zero-order chi connectivity index (χ0) is 14.4. The summed E-state index contributed by atoms with van der Waals surface area (Å²) in [5.41, 5.74) is 2.34. The first kappa shape index (κ1) is 15.7. The maximum atomic E-state index is 6.14. The van der Waals surface area contributed by atoms with Crippen molar-refractivity contribution in [2.24, 2.45) is 0 Å². The number of benzene rings is 1. The van der Waals surface area contributed by atoms with Gasteiger partial charge in [-0.2, -0.15) is 0 Å². The fourth-order valence-corrected chi connectivity index (χ4v) is 3.16. The van der Waals surface area contributed by atoms with Gasteiger partial charge in [-0.1, -0.05) is 44.7 Å². The van der Waals surface area contributed by atoms with E-state index in [1.165, 1.54) is 37.7 Å². The molecule has 1 saturated carbocycles. The molecule has 0 bridgehead atoms. The smallest absolute Gasteiger partial charge is 0.128 e. The fraction of sp³-hybridized carbons (Fsp3) is 0.647. The van der Waals surface area contributed by atoms with Gasteiger partial charge >= 0.3 is 0 Å². The van der Waals surface area contributed by atoms with Crippen molar-refractivity contribution in [3.63, 3.8) is 0 Å². The van der Waals surface area contributed by atoms with E-state index in [2.05, 4.69) is 0 Å². The van der Waals surface area contributed by atoms with Crippen LogP contribution in [-0.4, -0.2) is 12.7 Å². The molecule has 1 fully saturated rings. The molecule has 0 unspecified atom stereocenters. The maximum Gasteiger partial charge on any atom is 0.128 e. The minimum atomic E-state index is 0.426. The minimum Gasteiger partial charge on any atom is -0.493 e. The number of hydrogen-bond donors (Lipinski definition) is 0. The summed E-state index contributed by atoms with van der Waals surface area (Å²) in [4.78, 5) is 0. The van der Waals surface area contributed by atoms with Crippen molar-refractivity contribution in [3.05, 3.63) is 28.3 Å². The maximum absolute atomic E-state index is 6.14. The van der Waals surface area contributed by atoms with Gasteiger partial charge in [0.2, 0.25) is 0 Å². The predicted molar refractivity (Wildman–Crippen MR) is 83.7 cm³/mol. The lowest BCUT2D eigenvalue weighted by molar-refractivity contribution is 0.0160. The highest BCUT2D eigenvalue weighted by molar-refractivity contribution is 6.30. The standard InChI is InChI=1S/C15H19ClO2.C2H6/c16-13-8-11-6-7-17-15(11)12(9-13)10-18-14-4-2-1-3-5-14;1-2/h8-9,14H,1-7,10H2;1-2H3. The Kier molecular flexibility index (Phi) is 6.18. The first-order chi connectivity index (χ1) is 9.83. The van der Waals surface area contributed by atoms with E-state index in [9.17, 15) is 0 Å². The summed E-state index contributed by atoms with van der Waals surface area (Å²) in [6.07, 6.45) is 7.74. The summed E-state index contributed by atoms with van der Waals surface area (Å²) in [6.45, 7) is 5.40. The molecule has 2 nitrogen and oxygen atoms in total. The van der Waals surface area contributed by atoms with Gasteiger partial charge in [-0.25, -0.2) is 0 Å². The molecule has 1 aromatic carbocycles. The van der Waals surface area contributed by atoms with E-state index in [0.717, 1.165) is 29.4 Å². The van der Waals surface area contributed by atoms with Gasteiger partial charge in [0.15, 0.2) is 0 Å². The molecule has 112 valence electrons. The summed E-state index contributed by atoms with van der Waals surface area (Å²) in [5.74, 6) is 1.01. The summed E-state index contributed by atoms with van der Waals surface area (Å²) in [7, 11) is 0. The molecule has 3 rings (SSSR count). The SMILES string of the molecule is CC.Clc1cc2c(c(COC3CCCCC3)c1)OCC2. The van der Waals surface area contributed by atoms with E-state index in [0.29, 0.717) is 12.7 Å². The van der Waals surface area contributed by atoms with Crippen LogP contribution in [0.4, 0.5) is 0 Å². The van der Waals surface area contributed by atoms with Gasteiger partial charge in [-0.3, -0.25) is 0 Å². The van der Waals surface area contributed by atoms with Crippen LogP contribution in [0.5, 0.6) is 5.75 Å². The normalized spacial score (nSPS) is 17.9. The first-order valence-corrected chi connectivity index (χ1v) is 8.26. The molecule has 0 saturated heterocycles. The summed E-state index contributed by atoms with van der Waals surface area (Å²) < 4.78 is 11.7. The van der Waals surface area contributed by atoms with E-state index in [1.807, 2.05) is 26.0 Å². The van der Waals surface area contributed by atoms with Crippen molar-refractivity contribution in [1.82, 2.24) is 0 Å². The Morgan fingerprint density at radius 3 is 2.70 bits per heavy atom. The van der Waals surface area contributed by atoms with Crippen molar-refractivity contribution >= 4 is 11.6 Å². The molecule has 0 spiro atoms. The van der Waals surface area contributed by atoms with Gasteiger partial charge in [-0.05, 0) is 30.5 Å². The highest BCUT2D eigenvalue weighted by Gasteiger charge is 2.19. The number of fused-ring (bicyclic) bond motifs is 1. The molecule has 0 aromatic heterocycles. The molecule has 0 amide bonds. The number of ether oxygens (including phenoxy) is 2. The van der Waals surface area contributed by atoms with Crippen LogP contribution >= 0.6 is 11.6 Å². The zero-order valence-electron chi connectivity index (χ0n) is 12.6. The highest BCUT2D eigenvalue weighted by atomic mass is 35.5. The van der Waals surface area contributed by atoms with Crippen LogP contribution in [0.15, 0.2) is 12.1 Å². The van der Waals surface area contributed by atoms with Crippen LogP contribution in [0.2, 0.25) is 5.02 Å². The molecule has 20 heavy (non-hydrogen) atoms. The van der Waals surface area contributed by atoms with Crippen molar-refractivity contribution in [1.29, 1.82) is 0 Å². The Hall–Kier alpha value is -0.730. The van der Waals surface area contributed by atoms with E-state index < -0.39 is 0 Å². The summed E-state index contributed by atoms with van der Waals surface area (Å²) >= 11 is 6.14. The van der Waals surface area contributed by atoms with Crippen molar-refractivity contribution < 1.29 is 9.47 Å². The Morgan fingerprint density at radius 2 is 1.95 bits per heavy atom. The van der Waals surface area contributed by atoms with Gasteiger partial charge in [0.05, 0.1) is 19.3 Å². The lowest BCUT2D eigenvalue weighted by atomic mass is 9.98. The van der Waals surface area contributed by atoms with Gasteiger partial charge in [-0.15, -0.1) is 0 Å². The lowest BCUT2D eigenvalue weighted by Gasteiger charge is -2.22. The second-order valence-corrected chi connectivity index (χ2v) is 5.66. The van der Waals surface area contributed by atoms with Crippen LogP contribution in [0.1, 0.15) is 57.1 Å². The quantitative estimate of drug-likeness (QED) is 0.768. The molecular formula is C17H25ClO2. The second kappa shape index (κ2) is 7.90. The van der Waals surface area contributed by atoms with E-state index in [1.54, 1.807) is 0 Å². The Balaban J connectivity index is 0.000000704. The molecule has 3 heteroatoms. The van der Waals surface area contributed by atoms with E-state index in [4.69, 9.17) is 21.1 Å². The monoisotopic (exact) mass is 296 g/mol. The van der Waals surface area contributed by atoms with Crippen LogP contribution in [0, 0.1) is 0 Å². The van der Waals surface area contributed by atoms with Crippen LogP contribution in [-0.2, 0) is 17.8 Å². The number of hydrogen-bond acceptors (Lipinski definition) is 2. The first-order valence-electron chi connectivity index (χ1n) is 7.88. The largest absolute Gasteiger partial charge is 0.493 e. The topological polar surface area (TPSA) is 18.5 Å². The zero-order valence-corrected chi connectivity index (χ0v) is 13.3. The average molecular weight is 297 g/mol. The molecule has 2 aliphatic rings. The second-order valence-electron chi connectivity index (χ2n) is 5.22. The van der Waals surface area contributed by atoms with Gasteiger partial charge in [0, 0.05) is 17.0 Å². The van der Waals surface area contributed by atoms with E-state index in [-0.39, 0.29) is 0 Å². The van der Waals surface area contributed by atoms with Crippen molar-refractivity contribution in [3.8, 4) is 5.75 Å². The number of halogens is 1. The van der Waals surface area contributed by atoms with E-state index >= 15 is 0 Å². The van der Waals surface area contributed by atoms with Crippen LogP contribution in [0.3, 0.4) is 0 Å². The molecule has 1 aromatic rings. The average Bonchev–Trinajstić information content (AvgIpc) is 2.96. The fourth-order valence-electron chi connectivity index (χ4n) is 2.89. The Bertz CT molecular complexity index is 425. The molecule has 0 N–H and O–H groups in total. The Morgan fingerprint density at radius 1 is 1.20 bits per heavy atom. The van der Waals surface area contributed by atoms with Crippen molar-refractivity contribution in [2.75, 3.05) is 6.61 Å². The van der Waals surface area contributed by atoms with Gasteiger partial charge in [0.25, 0.3) is 0 Å². The molecule has 0 radical (unpaired) electrons. The van der Waals surface area contributed by atoms with Crippen LogP contribution < -0.4 is 4.74 Å². The van der Waals surface area contributed by atoms with Gasteiger partial charge in [0.1, 0.15) is 5.75 Å². The van der Waals surface area contributed by atoms with Crippen LogP contribution in [0.25, 0.3) is 0 Å². The van der Waals surface area contributed by atoms with Gasteiger partial charge < -0.3 is 9.47 Å². The third-order valence-electron chi connectivity index (χ3n) is 3.85. The summed E-state index contributed by atoms with van der Waals surface area (Å²) in [5, 5.41) is 0.793. The Labute approximate surface area is 127 Å². The molecule has 1 heterocycles. The number of rotatable bonds is 3. The predicted octanol–water partition coefficient (Wildman–Crippen LogP) is 5.15. The third-order valence-corrected chi connectivity index (χ3v) is 4.07. The van der Waals surface area contributed by atoms with Crippen molar-refractivity contribution in [2.45, 2.75) is 65.1 Å². The summed E-state index contributed by atoms with van der Waals surface area (Å²) in [6, 6.07) is 3.99.